The third-order valence-electron chi connectivity index (χ3n) is 2.90. The van der Waals surface area contributed by atoms with Gasteiger partial charge in [-0.2, -0.15) is 0 Å². The Hall–Kier alpha value is -2.24. The minimum absolute atomic E-state index is 0.207. The Balaban J connectivity index is 1.89. The molecule has 0 spiro atoms. The van der Waals surface area contributed by atoms with Crippen molar-refractivity contribution in [1.82, 2.24) is 0 Å². The van der Waals surface area contributed by atoms with Gasteiger partial charge in [-0.3, -0.25) is 0 Å². The van der Waals surface area contributed by atoms with Crippen LogP contribution in [0.3, 0.4) is 0 Å². The first-order chi connectivity index (χ1) is 11.8. The van der Waals surface area contributed by atoms with Gasteiger partial charge in [-0.15, -0.1) is 0 Å². The topological polar surface area (TPSA) is 61.8 Å². The molecule has 0 atom stereocenters. The minimum Gasteiger partial charge on any atom is -0.480 e. The molecule has 2 aromatic rings. The van der Waals surface area contributed by atoms with E-state index in [2.05, 4.69) is 0 Å². The van der Waals surface area contributed by atoms with Crippen LogP contribution in [0.1, 0.15) is 24.2 Å². The Kier molecular flexibility index (Phi) is 6.67. The molecule has 0 aliphatic rings. The fourth-order valence-electron chi connectivity index (χ4n) is 1.83. The number of carbonyl (C=O) groups excluding carboxylic acids is 2. The van der Waals surface area contributed by atoms with Crippen molar-refractivity contribution in [3.63, 3.8) is 0 Å². The number of rotatable bonds is 6. The molecular formula is C18H16Cl2O5. The third-order valence-corrected chi connectivity index (χ3v) is 3.43. The molecule has 0 aromatic heterocycles. The van der Waals surface area contributed by atoms with Crippen LogP contribution in [0.2, 0.25) is 10.0 Å². The standard InChI is InChI=1S/C18H16Cl2O5/c1-11(2)24-18(22)12-3-6-14(7-4-12)25-17(21)10-23-16-8-5-13(19)9-15(16)20/h3-9,11H,10H2,1-2H3. The Labute approximate surface area is 155 Å². The third kappa shape index (κ3) is 5.96. The summed E-state index contributed by atoms with van der Waals surface area (Å²) in [7, 11) is 0. The van der Waals surface area contributed by atoms with Crippen molar-refractivity contribution in [2.24, 2.45) is 0 Å². The van der Waals surface area contributed by atoms with Crippen molar-refractivity contribution in [2.75, 3.05) is 6.61 Å². The van der Waals surface area contributed by atoms with E-state index in [9.17, 15) is 9.59 Å². The SMILES string of the molecule is CC(C)OC(=O)c1ccc(OC(=O)COc2ccc(Cl)cc2Cl)cc1. The van der Waals surface area contributed by atoms with Crippen LogP contribution in [0.25, 0.3) is 0 Å². The van der Waals surface area contributed by atoms with E-state index in [1.807, 2.05) is 0 Å². The molecule has 0 aliphatic carbocycles. The molecule has 0 heterocycles. The van der Waals surface area contributed by atoms with Crippen LogP contribution in [-0.4, -0.2) is 24.6 Å². The van der Waals surface area contributed by atoms with E-state index in [0.717, 1.165) is 0 Å². The van der Waals surface area contributed by atoms with Gasteiger partial charge < -0.3 is 14.2 Å². The lowest BCUT2D eigenvalue weighted by atomic mass is 10.2. The summed E-state index contributed by atoms with van der Waals surface area (Å²) in [6, 6.07) is 10.7. The van der Waals surface area contributed by atoms with Crippen LogP contribution < -0.4 is 9.47 Å². The van der Waals surface area contributed by atoms with E-state index in [4.69, 9.17) is 37.4 Å². The van der Waals surface area contributed by atoms with Crippen molar-refractivity contribution in [3.8, 4) is 11.5 Å². The van der Waals surface area contributed by atoms with Crippen LogP contribution in [0.15, 0.2) is 42.5 Å². The predicted octanol–water partition coefficient (Wildman–Crippen LogP) is 4.54. The van der Waals surface area contributed by atoms with Gasteiger partial charge in [0.15, 0.2) is 6.61 Å². The highest BCUT2D eigenvalue weighted by Gasteiger charge is 2.11. The smallest absolute Gasteiger partial charge is 0.349 e. The lowest BCUT2D eigenvalue weighted by molar-refractivity contribution is -0.136. The molecule has 0 aliphatic heterocycles. The fraction of sp³-hybridized carbons (Fsp3) is 0.222. The highest BCUT2D eigenvalue weighted by molar-refractivity contribution is 6.35. The van der Waals surface area contributed by atoms with Gasteiger partial charge in [-0.1, -0.05) is 23.2 Å². The van der Waals surface area contributed by atoms with Crippen molar-refractivity contribution >= 4 is 35.1 Å². The Morgan fingerprint density at radius 3 is 2.32 bits per heavy atom. The van der Waals surface area contributed by atoms with E-state index >= 15 is 0 Å². The highest BCUT2D eigenvalue weighted by atomic mass is 35.5. The molecule has 2 aromatic carbocycles. The fourth-order valence-corrected chi connectivity index (χ4v) is 2.29. The molecule has 132 valence electrons. The summed E-state index contributed by atoms with van der Waals surface area (Å²) >= 11 is 11.7. The number of hydrogen-bond acceptors (Lipinski definition) is 5. The van der Waals surface area contributed by atoms with Gasteiger partial charge in [0.1, 0.15) is 11.5 Å². The molecule has 0 unspecified atom stereocenters. The van der Waals surface area contributed by atoms with Crippen molar-refractivity contribution in [3.05, 3.63) is 58.1 Å². The average molecular weight is 383 g/mol. The van der Waals surface area contributed by atoms with E-state index in [0.29, 0.717) is 21.4 Å². The first-order valence-electron chi connectivity index (χ1n) is 7.44. The second-order valence-corrected chi connectivity index (χ2v) is 6.16. The quantitative estimate of drug-likeness (QED) is 0.541. The normalized spacial score (nSPS) is 10.4. The maximum Gasteiger partial charge on any atom is 0.349 e. The summed E-state index contributed by atoms with van der Waals surface area (Å²) in [4.78, 5) is 23.6. The Morgan fingerprint density at radius 2 is 1.72 bits per heavy atom. The van der Waals surface area contributed by atoms with E-state index in [1.165, 1.54) is 30.3 Å². The van der Waals surface area contributed by atoms with Gasteiger partial charge in [0, 0.05) is 5.02 Å². The molecule has 0 radical (unpaired) electrons. The van der Waals surface area contributed by atoms with Crippen molar-refractivity contribution < 1.29 is 23.8 Å². The van der Waals surface area contributed by atoms with E-state index in [1.54, 1.807) is 26.0 Å². The van der Waals surface area contributed by atoms with Crippen molar-refractivity contribution in [1.29, 1.82) is 0 Å². The number of esters is 2. The zero-order valence-corrected chi connectivity index (χ0v) is 15.1. The zero-order chi connectivity index (χ0) is 18.4. The molecule has 2 rings (SSSR count). The Bertz CT molecular complexity index is 757. The summed E-state index contributed by atoms with van der Waals surface area (Å²) < 4.78 is 15.5. The molecule has 25 heavy (non-hydrogen) atoms. The molecule has 0 amide bonds. The molecule has 5 nitrogen and oxygen atoms in total. The molecule has 0 N–H and O–H groups in total. The van der Waals surface area contributed by atoms with Crippen LogP contribution in [0, 0.1) is 0 Å². The zero-order valence-electron chi connectivity index (χ0n) is 13.6. The monoisotopic (exact) mass is 382 g/mol. The van der Waals surface area contributed by atoms with Gasteiger partial charge in [-0.25, -0.2) is 9.59 Å². The van der Waals surface area contributed by atoms with Crippen LogP contribution in [0.4, 0.5) is 0 Å². The lowest BCUT2D eigenvalue weighted by Gasteiger charge is -2.09. The lowest BCUT2D eigenvalue weighted by Crippen LogP contribution is -2.18. The summed E-state index contributed by atoms with van der Waals surface area (Å²) in [6.07, 6.45) is -0.207. The van der Waals surface area contributed by atoms with E-state index < -0.39 is 11.9 Å². The second-order valence-electron chi connectivity index (χ2n) is 5.32. The van der Waals surface area contributed by atoms with Crippen LogP contribution in [0.5, 0.6) is 11.5 Å². The molecule has 0 saturated heterocycles. The second kappa shape index (κ2) is 8.74. The van der Waals surface area contributed by atoms with E-state index in [-0.39, 0.29) is 18.5 Å². The number of halogens is 2. The molecule has 0 fully saturated rings. The molecule has 7 heteroatoms. The van der Waals surface area contributed by atoms with Gasteiger partial charge >= 0.3 is 11.9 Å². The summed E-state index contributed by atoms with van der Waals surface area (Å²) in [6.45, 7) is 3.21. The maximum absolute atomic E-state index is 11.8. The Morgan fingerprint density at radius 1 is 1.04 bits per heavy atom. The number of benzene rings is 2. The average Bonchev–Trinajstić information content (AvgIpc) is 2.54. The molecule has 0 saturated carbocycles. The van der Waals surface area contributed by atoms with Gasteiger partial charge in [0.05, 0.1) is 16.7 Å². The van der Waals surface area contributed by atoms with Gasteiger partial charge in [0.2, 0.25) is 0 Å². The first kappa shape index (κ1) is 19.1. The van der Waals surface area contributed by atoms with Crippen LogP contribution >= 0.6 is 23.2 Å². The highest BCUT2D eigenvalue weighted by Crippen LogP contribution is 2.27. The maximum atomic E-state index is 11.8. The molecule has 0 bridgehead atoms. The summed E-state index contributed by atoms with van der Waals surface area (Å²) in [5.74, 6) is -0.427. The number of carbonyl (C=O) groups is 2. The number of hydrogen-bond donors (Lipinski definition) is 0. The largest absolute Gasteiger partial charge is 0.480 e. The molecular weight excluding hydrogens is 367 g/mol. The summed E-state index contributed by atoms with van der Waals surface area (Å²) in [5, 5.41) is 0.768. The van der Waals surface area contributed by atoms with Gasteiger partial charge in [0.25, 0.3) is 0 Å². The van der Waals surface area contributed by atoms with Crippen LogP contribution in [-0.2, 0) is 9.53 Å². The summed E-state index contributed by atoms with van der Waals surface area (Å²) in [5.41, 5.74) is 0.373. The number of ether oxygens (including phenoxy) is 3. The first-order valence-corrected chi connectivity index (χ1v) is 8.20. The van der Waals surface area contributed by atoms with Crippen molar-refractivity contribution in [2.45, 2.75) is 20.0 Å². The minimum atomic E-state index is -0.608. The predicted molar refractivity (Wildman–Crippen MR) is 94.6 cm³/mol. The van der Waals surface area contributed by atoms with Gasteiger partial charge in [-0.05, 0) is 56.3 Å².